The largest absolute Gasteiger partial charge is 0.305 e. The van der Waals surface area contributed by atoms with Crippen LogP contribution in [0.1, 0.15) is 53.2 Å². The summed E-state index contributed by atoms with van der Waals surface area (Å²) in [5.41, 5.74) is 0.117. The van der Waals surface area contributed by atoms with E-state index in [4.69, 9.17) is 0 Å². The maximum absolute atomic E-state index is 4.57. The van der Waals surface area contributed by atoms with Gasteiger partial charge in [-0.3, -0.25) is 4.68 Å². The van der Waals surface area contributed by atoms with Gasteiger partial charge in [0, 0.05) is 18.0 Å². The molecule has 0 atom stereocenters. The van der Waals surface area contributed by atoms with Crippen molar-refractivity contribution in [3.8, 4) is 0 Å². The van der Waals surface area contributed by atoms with Crippen LogP contribution >= 0.6 is 0 Å². The molecule has 1 aromatic rings. The van der Waals surface area contributed by atoms with Gasteiger partial charge in [0.25, 0.3) is 0 Å². The summed E-state index contributed by atoms with van der Waals surface area (Å²) < 4.78 is 1.86. The van der Waals surface area contributed by atoms with Crippen LogP contribution in [0.4, 0.5) is 0 Å². The Kier molecular flexibility index (Phi) is 3.43. The third-order valence-electron chi connectivity index (χ3n) is 2.30. The minimum absolute atomic E-state index is 0.0116. The SMILES string of the molecule is Cn1nc(C(C)(C)C)nc1CNC(C)(C)C. The Morgan fingerprint density at radius 2 is 1.69 bits per heavy atom. The quantitative estimate of drug-likeness (QED) is 0.835. The molecule has 0 amide bonds. The van der Waals surface area contributed by atoms with Crippen molar-refractivity contribution in [3.63, 3.8) is 0 Å². The van der Waals surface area contributed by atoms with Crippen LogP contribution in [0.3, 0.4) is 0 Å². The summed E-state index contributed by atoms with van der Waals surface area (Å²) in [5.74, 6) is 1.89. The first kappa shape index (κ1) is 13.2. The lowest BCUT2D eigenvalue weighted by atomic mass is 9.96. The zero-order chi connectivity index (χ0) is 12.6. The van der Waals surface area contributed by atoms with E-state index in [1.165, 1.54) is 0 Å². The fourth-order valence-electron chi connectivity index (χ4n) is 1.23. The Morgan fingerprint density at radius 1 is 1.12 bits per heavy atom. The first-order valence-electron chi connectivity index (χ1n) is 5.75. The zero-order valence-electron chi connectivity index (χ0n) is 11.5. The molecule has 0 radical (unpaired) electrons. The summed E-state index contributed by atoms with van der Waals surface area (Å²) in [6.07, 6.45) is 0. The van der Waals surface area contributed by atoms with Crippen molar-refractivity contribution < 1.29 is 0 Å². The van der Waals surface area contributed by atoms with Gasteiger partial charge in [-0.05, 0) is 20.8 Å². The third-order valence-corrected chi connectivity index (χ3v) is 2.30. The summed E-state index contributed by atoms with van der Waals surface area (Å²) in [6.45, 7) is 13.6. The van der Waals surface area contributed by atoms with Gasteiger partial charge in [0.1, 0.15) is 5.82 Å². The molecule has 0 spiro atoms. The Balaban J connectivity index is 2.79. The van der Waals surface area contributed by atoms with E-state index in [9.17, 15) is 0 Å². The van der Waals surface area contributed by atoms with E-state index in [-0.39, 0.29) is 11.0 Å². The lowest BCUT2D eigenvalue weighted by molar-refractivity contribution is 0.412. The average Bonchev–Trinajstić information content (AvgIpc) is 2.41. The molecule has 4 nitrogen and oxygen atoms in total. The van der Waals surface area contributed by atoms with Crippen LogP contribution in [-0.4, -0.2) is 20.3 Å². The molecule has 0 aliphatic rings. The molecule has 0 aliphatic heterocycles. The summed E-state index contributed by atoms with van der Waals surface area (Å²) in [6, 6.07) is 0. The van der Waals surface area contributed by atoms with E-state index in [0.717, 1.165) is 18.2 Å². The van der Waals surface area contributed by atoms with Gasteiger partial charge in [-0.25, -0.2) is 4.98 Å². The van der Waals surface area contributed by atoms with Crippen LogP contribution < -0.4 is 5.32 Å². The number of aryl methyl sites for hydroxylation is 1. The van der Waals surface area contributed by atoms with E-state index in [2.05, 4.69) is 56.9 Å². The van der Waals surface area contributed by atoms with Gasteiger partial charge >= 0.3 is 0 Å². The third kappa shape index (κ3) is 3.59. The lowest BCUT2D eigenvalue weighted by Crippen LogP contribution is -2.35. The van der Waals surface area contributed by atoms with E-state index >= 15 is 0 Å². The molecule has 0 saturated heterocycles. The molecular formula is C12H24N4. The summed E-state index contributed by atoms with van der Waals surface area (Å²) >= 11 is 0. The normalized spacial score (nSPS) is 13.2. The summed E-state index contributed by atoms with van der Waals surface area (Å²) in [7, 11) is 1.95. The molecular weight excluding hydrogens is 200 g/mol. The Labute approximate surface area is 98.5 Å². The van der Waals surface area contributed by atoms with Crippen LogP contribution in [0.5, 0.6) is 0 Å². The summed E-state index contributed by atoms with van der Waals surface area (Å²) in [4.78, 5) is 4.57. The highest BCUT2D eigenvalue weighted by molar-refractivity contribution is 5.03. The Hall–Kier alpha value is -0.900. The van der Waals surface area contributed by atoms with Gasteiger partial charge in [-0.1, -0.05) is 20.8 Å². The maximum Gasteiger partial charge on any atom is 0.156 e. The van der Waals surface area contributed by atoms with E-state index < -0.39 is 0 Å². The van der Waals surface area contributed by atoms with Crippen molar-refractivity contribution >= 4 is 0 Å². The molecule has 0 saturated carbocycles. The first-order valence-corrected chi connectivity index (χ1v) is 5.75. The molecule has 1 N–H and O–H groups in total. The topological polar surface area (TPSA) is 42.7 Å². The summed E-state index contributed by atoms with van der Waals surface area (Å²) in [5, 5.41) is 7.87. The number of hydrogen-bond donors (Lipinski definition) is 1. The highest BCUT2D eigenvalue weighted by Crippen LogP contribution is 2.18. The molecule has 16 heavy (non-hydrogen) atoms. The van der Waals surface area contributed by atoms with Crippen molar-refractivity contribution in [1.82, 2.24) is 20.1 Å². The predicted octanol–water partition coefficient (Wildman–Crippen LogP) is 2.00. The van der Waals surface area contributed by atoms with Crippen LogP contribution in [-0.2, 0) is 19.0 Å². The molecule has 0 aromatic carbocycles. The van der Waals surface area contributed by atoms with Crippen LogP contribution in [0.2, 0.25) is 0 Å². The maximum atomic E-state index is 4.57. The van der Waals surface area contributed by atoms with Crippen LogP contribution in [0.25, 0.3) is 0 Å². The smallest absolute Gasteiger partial charge is 0.156 e. The standard InChI is InChI=1S/C12H24N4/c1-11(2,3)10-14-9(16(7)15-10)8-13-12(4,5)6/h13H,8H2,1-7H3. The Morgan fingerprint density at radius 3 is 2.06 bits per heavy atom. The van der Waals surface area contributed by atoms with Crippen molar-refractivity contribution in [1.29, 1.82) is 0 Å². The van der Waals surface area contributed by atoms with E-state index in [1.54, 1.807) is 0 Å². The minimum atomic E-state index is 0.0116. The molecule has 92 valence electrons. The molecule has 1 aromatic heterocycles. The molecule has 0 fully saturated rings. The molecule has 0 aliphatic carbocycles. The highest BCUT2D eigenvalue weighted by atomic mass is 15.3. The van der Waals surface area contributed by atoms with Crippen molar-refractivity contribution in [2.75, 3.05) is 0 Å². The van der Waals surface area contributed by atoms with Gasteiger partial charge in [-0.2, -0.15) is 5.10 Å². The molecule has 0 unspecified atom stereocenters. The zero-order valence-corrected chi connectivity index (χ0v) is 11.5. The lowest BCUT2D eigenvalue weighted by Gasteiger charge is -2.19. The molecule has 1 rings (SSSR count). The fraction of sp³-hybridized carbons (Fsp3) is 0.833. The van der Waals surface area contributed by atoms with Crippen molar-refractivity contribution in [2.45, 2.75) is 59.0 Å². The van der Waals surface area contributed by atoms with Gasteiger partial charge in [-0.15, -0.1) is 0 Å². The van der Waals surface area contributed by atoms with Crippen molar-refractivity contribution in [3.05, 3.63) is 11.6 Å². The van der Waals surface area contributed by atoms with Crippen LogP contribution in [0.15, 0.2) is 0 Å². The predicted molar refractivity (Wildman–Crippen MR) is 66.3 cm³/mol. The second-order valence-corrected chi connectivity index (χ2v) is 6.33. The average molecular weight is 224 g/mol. The van der Waals surface area contributed by atoms with Gasteiger partial charge in [0.05, 0.1) is 6.54 Å². The van der Waals surface area contributed by atoms with E-state index in [1.807, 2.05) is 11.7 Å². The number of aromatic nitrogens is 3. The second kappa shape index (κ2) is 4.17. The van der Waals surface area contributed by atoms with Gasteiger partial charge in [0.15, 0.2) is 5.82 Å². The van der Waals surface area contributed by atoms with Crippen LogP contribution in [0, 0.1) is 0 Å². The van der Waals surface area contributed by atoms with Crippen molar-refractivity contribution in [2.24, 2.45) is 7.05 Å². The minimum Gasteiger partial charge on any atom is -0.305 e. The van der Waals surface area contributed by atoms with Gasteiger partial charge < -0.3 is 5.32 Å². The second-order valence-electron chi connectivity index (χ2n) is 6.33. The highest BCUT2D eigenvalue weighted by Gasteiger charge is 2.21. The van der Waals surface area contributed by atoms with E-state index in [0.29, 0.717) is 0 Å². The fourth-order valence-corrected chi connectivity index (χ4v) is 1.23. The molecule has 0 bridgehead atoms. The number of hydrogen-bond acceptors (Lipinski definition) is 3. The number of rotatable bonds is 2. The van der Waals surface area contributed by atoms with Gasteiger partial charge in [0.2, 0.25) is 0 Å². The molecule has 4 heteroatoms. The Bertz CT molecular complexity index is 352. The monoisotopic (exact) mass is 224 g/mol. The number of nitrogens with one attached hydrogen (secondary N) is 1. The number of nitrogens with zero attached hydrogens (tertiary/aromatic N) is 3. The first-order chi connectivity index (χ1) is 7.09. The molecule has 1 heterocycles.